The summed E-state index contributed by atoms with van der Waals surface area (Å²) < 4.78 is 0. The molecule has 0 aliphatic carbocycles. The van der Waals surface area contributed by atoms with Crippen molar-refractivity contribution in [3.05, 3.63) is 22.5 Å². The fraction of sp³-hybridized carbons (Fsp3) is 0.462. The van der Waals surface area contributed by atoms with Gasteiger partial charge in [0, 0.05) is 32.9 Å². The van der Waals surface area contributed by atoms with Crippen LogP contribution in [-0.2, 0) is 0 Å². The first-order valence-electron chi connectivity index (χ1n) is 6.41. The number of H-pyrrole nitrogens is 1. The van der Waals surface area contributed by atoms with Gasteiger partial charge in [0.25, 0.3) is 5.91 Å². The van der Waals surface area contributed by atoms with Gasteiger partial charge in [-0.3, -0.25) is 4.79 Å². The second-order valence-electron chi connectivity index (χ2n) is 4.81. The third kappa shape index (κ3) is 3.98. The molecule has 0 atom stereocenters. The van der Waals surface area contributed by atoms with Crippen molar-refractivity contribution in [2.75, 3.05) is 27.2 Å². The molecular formula is C13H20N4O4. The molecule has 0 radical (unpaired) electrons. The van der Waals surface area contributed by atoms with E-state index in [0.29, 0.717) is 16.8 Å². The monoisotopic (exact) mass is 296 g/mol. The highest BCUT2D eigenvalue weighted by Crippen LogP contribution is 2.17. The summed E-state index contributed by atoms with van der Waals surface area (Å²) in [5, 5.41) is 14.3. The third-order valence-electron chi connectivity index (χ3n) is 2.97. The van der Waals surface area contributed by atoms with E-state index in [0.717, 1.165) is 0 Å². The molecule has 8 heteroatoms. The highest BCUT2D eigenvalue weighted by atomic mass is 16.4. The molecule has 0 unspecified atom stereocenters. The minimum absolute atomic E-state index is 0.0126. The average Bonchev–Trinajstić information content (AvgIpc) is 2.69. The first kappa shape index (κ1) is 16.5. The quantitative estimate of drug-likeness (QED) is 0.586. The maximum absolute atomic E-state index is 12.1. The number of carboxylic acids is 1. The number of carbonyl (C=O) groups is 3. The summed E-state index contributed by atoms with van der Waals surface area (Å²) in [6.07, 6.45) is 0. The number of carboxylic acid groups (broad SMARTS) is 1. The number of hydrogen-bond acceptors (Lipinski definition) is 3. The molecule has 1 aromatic rings. The molecule has 0 aliphatic heterocycles. The van der Waals surface area contributed by atoms with Gasteiger partial charge in [-0.15, -0.1) is 0 Å². The Labute approximate surface area is 122 Å². The standard InChI is InChI=1S/C13H20N4O4/c1-7-9(8(2)16-10(7)12(19)20)11(18)14-5-6-15-13(21)17(3)4/h16H,5-6H2,1-4H3,(H,14,18)(H,15,21)(H,19,20). The van der Waals surface area contributed by atoms with E-state index in [-0.39, 0.29) is 30.7 Å². The Morgan fingerprint density at radius 1 is 1.14 bits per heavy atom. The summed E-state index contributed by atoms with van der Waals surface area (Å²) in [5.74, 6) is -1.47. The molecule has 0 aliphatic rings. The normalized spacial score (nSPS) is 10.1. The Hall–Kier alpha value is -2.51. The first-order valence-corrected chi connectivity index (χ1v) is 6.41. The smallest absolute Gasteiger partial charge is 0.352 e. The lowest BCUT2D eigenvalue weighted by atomic mass is 10.1. The van der Waals surface area contributed by atoms with Gasteiger partial charge >= 0.3 is 12.0 Å². The van der Waals surface area contributed by atoms with Crippen LogP contribution in [0.4, 0.5) is 4.79 Å². The molecule has 1 heterocycles. The van der Waals surface area contributed by atoms with Crippen LogP contribution in [0.1, 0.15) is 32.1 Å². The van der Waals surface area contributed by atoms with Crippen LogP contribution in [0.2, 0.25) is 0 Å². The number of amides is 3. The molecule has 0 aromatic carbocycles. The highest BCUT2D eigenvalue weighted by Gasteiger charge is 2.21. The van der Waals surface area contributed by atoms with E-state index in [9.17, 15) is 14.4 Å². The van der Waals surface area contributed by atoms with E-state index in [1.54, 1.807) is 27.9 Å². The van der Waals surface area contributed by atoms with Crippen molar-refractivity contribution in [2.24, 2.45) is 0 Å². The number of aromatic carboxylic acids is 1. The summed E-state index contributed by atoms with van der Waals surface area (Å²) >= 11 is 0. The molecule has 21 heavy (non-hydrogen) atoms. The van der Waals surface area contributed by atoms with Gasteiger partial charge in [-0.05, 0) is 19.4 Å². The number of aromatic amines is 1. The lowest BCUT2D eigenvalue weighted by Crippen LogP contribution is -2.39. The summed E-state index contributed by atoms with van der Waals surface area (Å²) in [4.78, 5) is 38.4. The molecule has 0 bridgehead atoms. The zero-order valence-electron chi connectivity index (χ0n) is 12.5. The van der Waals surface area contributed by atoms with E-state index in [1.807, 2.05) is 0 Å². The second-order valence-corrected chi connectivity index (χ2v) is 4.81. The molecular weight excluding hydrogens is 276 g/mol. The number of rotatable bonds is 5. The third-order valence-corrected chi connectivity index (χ3v) is 2.97. The van der Waals surface area contributed by atoms with Crippen LogP contribution >= 0.6 is 0 Å². The van der Waals surface area contributed by atoms with E-state index in [4.69, 9.17) is 5.11 Å². The van der Waals surface area contributed by atoms with Gasteiger partial charge in [-0.1, -0.05) is 0 Å². The summed E-state index contributed by atoms with van der Waals surface area (Å²) in [6, 6.07) is -0.244. The van der Waals surface area contributed by atoms with Crippen LogP contribution in [-0.4, -0.2) is 60.1 Å². The molecule has 0 saturated carbocycles. The van der Waals surface area contributed by atoms with Crippen molar-refractivity contribution in [2.45, 2.75) is 13.8 Å². The van der Waals surface area contributed by atoms with Gasteiger partial charge in [0.2, 0.25) is 0 Å². The summed E-state index contributed by atoms with van der Waals surface area (Å²) in [5.41, 5.74) is 1.24. The fourth-order valence-corrected chi connectivity index (χ4v) is 1.90. The lowest BCUT2D eigenvalue weighted by Gasteiger charge is -2.12. The molecule has 0 saturated heterocycles. The van der Waals surface area contributed by atoms with Crippen LogP contribution in [0, 0.1) is 13.8 Å². The zero-order chi connectivity index (χ0) is 16.2. The molecule has 1 aromatic heterocycles. The number of hydrogen-bond donors (Lipinski definition) is 4. The Morgan fingerprint density at radius 2 is 1.71 bits per heavy atom. The van der Waals surface area contributed by atoms with Crippen molar-refractivity contribution in [3.63, 3.8) is 0 Å². The Kier molecular flexibility index (Phi) is 5.34. The number of urea groups is 1. The zero-order valence-corrected chi connectivity index (χ0v) is 12.5. The minimum Gasteiger partial charge on any atom is -0.477 e. The molecule has 116 valence electrons. The van der Waals surface area contributed by atoms with Crippen molar-refractivity contribution >= 4 is 17.9 Å². The van der Waals surface area contributed by atoms with Gasteiger partial charge in [-0.25, -0.2) is 9.59 Å². The predicted octanol–water partition coefficient (Wildman–Crippen LogP) is 0.331. The number of nitrogens with zero attached hydrogens (tertiary/aromatic N) is 1. The van der Waals surface area contributed by atoms with Crippen molar-refractivity contribution in [1.82, 2.24) is 20.5 Å². The van der Waals surface area contributed by atoms with Crippen LogP contribution in [0.3, 0.4) is 0 Å². The van der Waals surface area contributed by atoms with Gasteiger partial charge < -0.3 is 25.6 Å². The Morgan fingerprint density at radius 3 is 2.19 bits per heavy atom. The van der Waals surface area contributed by atoms with E-state index < -0.39 is 5.97 Å². The topological polar surface area (TPSA) is 115 Å². The Balaban J connectivity index is 2.61. The summed E-state index contributed by atoms with van der Waals surface area (Å²) in [6.45, 7) is 3.76. The van der Waals surface area contributed by atoms with E-state index >= 15 is 0 Å². The SMILES string of the molecule is Cc1[nH]c(C(=O)O)c(C)c1C(=O)NCCNC(=O)N(C)C. The molecule has 3 amide bonds. The van der Waals surface area contributed by atoms with Crippen molar-refractivity contribution in [1.29, 1.82) is 0 Å². The molecule has 8 nitrogen and oxygen atoms in total. The van der Waals surface area contributed by atoms with Gasteiger partial charge in [0.1, 0.15) is 5.69 Å². The maximum atomic E-state index is 12.1. The lowest BCUT2D eigenvalue weighted by molar-refractivity contribution is 0.0690. The fourth-order valence-electron chi connectivity index (χ4n) is 1.90. The van der Waals surface area contributed by atoms with Crippen LogP contribution in [0.5, 0.6) is 0 Å². The second kappa shape index (κ2) is 6.78. The van der Waals surface area contributed by atoms with Crippen LogP contribution in [0.15, 0.2) is 0 Å². The van der Waals surface area contributed by atoms with Gasteiger partial charge in [-0.2, -0.15) is 0 Å². The van der Waals surface area contributed by atoms with Crippen molar-refractivity contribution < 1.29 is 19.5 Å². The number of aryl methyl sites for hydroxylation is 1. The largest absolute Gasteiger partial charge is 0.477 e. The highest BCUT2D eigenvalue weighted by molar-refractivity contribution is 6.00. The number of carbonyl (C=O) groups excluding carboxylic acids is 2. The molecule has 1 rings (SSSR count). The molecule has 4 N–H and O–H groups in total. The van der Waals surface area contributed by atoms with E-state index in [2.05, 4.69) is 15.6 Å². The minimum atomic E-state index is -1.10. The van der Waals surface area contributed by atoms with Crippen molar-refractivity contribution in [3.8, 4) is 0 Å². The maximum Gasteiger partial charge on any atom is 0.352 e. The Bertz CT molecular complexity index is 563. The molecule has 0 spiro atoms. The summed E-state index contributed by atoms with van der Waals surface area (Å²) in [7, 11) is 3.24. The van der Waals surface area contributed by atoms with E-state index in [1.165, 1.54) is 4.90 Å². The average molecular weight is 296 g/mol. The number of nitrogens with one attached hydrogen (secondary N) is 3. The van der Waals surface area contributed by atoms with Crippen LogP contribution < -0.4 is 10.6 Å². The first-order chi connectivity index (χ1) is 9.75. The van der Waals surface area contributed by atoms with Gasteiger partial charge in [0.15, 0.2) is 0 Å². The number of aromatic nitrogens is 1. The predicted molar refractivity (Wildman–Crippen MR) is 76.6 cm³/mol. The van der Waals surface area contributed by atoms with Crippen LogP contribution in [0.25, 0.3) is 0 Å². The molecule has 0 fully saturated rings. The van der Waals surface area contributed by atoms with Gasteiger partial charge in [0.05, 0.1) is 5.56 Å².